The van der Waals surface area contributed by atoms with Crippen LogP contribution in [0.5, 0.6) is 5.75 Å². The van der Waals surface area contributed by atoms with Crippen LogP contribution in [0.1, 0.15) is 30.7 Å². The number of amidine groups is 1. The maximum absolute atomic E-state index is 12.8. The fourth-order valence-corrected chi connectivity index (χ4v) is 3.82. The van der Waals surface area contributed by atoms with Gasteiger partial charge in [-0.15, -0.1) is 17.5 Å². The number of nitrogens with two attached hydrogens (primary N) is 1. The number of aromatic nitrogens is 5. The molecule has 0 fully saturated rings. The average molecular weight is 556 g/mol. The highest BCUT2D eigenvalue weighted by molar-refractivity contribution is 6.00. The van der Waals surface area contributed by atoms with Crippen molar-refractivity contribution in [1.29, 1.82) is 0 Å². The van der Waals surface area contributed by atoms with E-state index in [1.807, 2.05) is 56.3 Å². The van der Waals surface area contributed by atoms with Gasteiger partial charge < -0.3 is 15.5 Å². The number of hydrogen-bond acceptors (Lipinski definition) is 5. The molecule has 0 aliphatic heterocycles. The number of fused-ring (bicyclic) bond motifs is 1. The smallest absolute Gasteiger partial charge is 0.416 e. The molecule has 12 heteroatoms. The van der Waals surface area contributed by atoms with Crippen molar-refractivity contribution >= 4 is 29.3 Å². The van der Waals surface area contributed by atoms with E-state index >= 15 is 0 Å². The zero-order valence-corrected chi connectivity index (χ0v) is 21.8. The Morgan fingerprint density at radius 3 is 2.44 bits per heavy atom. The summed E-state index contributed by atoms with van der Waals surface area (Å²) >= 11 is 0. The summed E-state index contributed by atoms with van der Waals surface area (Å²) in [5, 5.41) is 8.01. The van der Waals surface area contributed by atoms with Gasteiger partial charge in [0, 0.05) is 17.2 Å². The van der Waals surface area contributed by atoms with Crippen molar-refractivity contribution in [3.8, 4) is 22.8 Å². The molecule has 0 bridgehead atoms. The molecule has 202 valence electrons. The van der Waals surface area contributed by atoms with Gasteiger partial charge in [0.05, 0.1) is 28.5 Å². The zero-order valence-electron chi connectivity index (χ0n) is 21.0. The van der Waals surface area contributed by atoms with E-state index in [-0.39, 0.29) is 25.1 Å². The molecule has 0 spiro atoms. The Hall–Kier alpha value is -4.38. The molecule has 3 N–H and O–H groups in total. The van der Waals surface area contributed by atoms with Gasteiger partial charge in [-0.3, -0.25) is 4.99 Å². The van der Waals surface area contributed by atoms with Crippen LogP contribution in [-0.4, -0.2) is 36.8 Å². The van der Waals surface area contributed by atoms with E-state index in [0.717, 1.165) is 34.3 Å². The third kappa shape index (κ3) is 6.37. The first-order valence-electron chi connectivity index (χ1n) is 11.8. The van der Waals surface area contributed by atoms with E-state index in [1.165, 1.54) is 16.8 Å². The molecule has 0 saturated heterocycles. The normalized spacial score (nSPS) is 12.1. The van der Waals surface area contributed by atoms with Crippen molar-refractivity contribution in [1.82, 2.24) is 25.0 Å². The summed E-state index contributed by atoms with van der Waals surface area (Å²) in [5.74, 6) is 1.82. The van der Waals surface area contributed by atoms with Crippen molar-refractivity contribution < 1.29 is 17.9 Å². The minimum Gasteiger partial charge on any atom is -0.487 e. The van der Waals surface area contributed by atoms with Crippen LogP contribution in [0.2, 0.25) is 0 Å². The fourth-order valence-electron chi connectivity index (χ4n) is 3.82. The Balaban J connectivity index is 0.00000353. The SMILES string of the molecule is CC(C)N=C(N)c1ccc2nc(-c3ccc(OCc4cn(-c5ccc(C(F)(F)F)cc5)nn4)cc3)[nH]c2c1.Cl. The molecule has 8 nitrogen and oxygen atoms in total. The summed E-state index contributed by atoms with van der Waals surface area (Å²) in [6.07, 6.45) is -2.78. The fraction of sp³-hybridized carbons (Fsp3) is 0.185. The van der Waals surface area contributed by atoms with Crippen molar-refractivity contribution in [2.75, 3.05) is 0 Å². The van der Waals surface area contributed by atoms with Crippen molar-refractivity contribution in [3.63, 3.8) is 0 Å². The molecule has 0 saturated carbocycles. The lowest BCUT2D eigenvalue weighted by Crippen LogP contribution is -2.15. The Labute approximate surface area is 228 Å². The average Bonchev–Trinajstić information content (AvgIpc) is 3.54. The molecule has 0 atom stereocenters. The molecule has 0 aliphatic carbocycles. The van der Waals surface area contributed by atoms with Crippen LogP contribution in [0, 0.1) is 0 Å². The van der Waals surface area contributed by atoms with Gasteiger partial charge in [-0.1, -0.05) is 5.21 Å². The number of nitrogens with zero attached hydrogens (tertiary/aromatic N) is 5. The van der Waals surface area contributed by atoms with Gasteiger partial charge in [0.15, 0.2) is 0 Å². The highest BCUT2D eigenvalue weighted by Crippen LogP contribution is 2.29. The molecule has 5 aromatic rings. The highest BCUT2D eigenvalue weighted by Gasteiger charge is 2.30. The van der Waals surface area contributed by atoms with Crippen LogP contribution in [0.3, 0.4) is 0 Å². The number of aliphatic imine (C=N–C) groups is 1. The Morgan fingerprint density at radius 1 is 1.05 bits per heavy atom. The maximum atomic E-state index is 12.8. The second-order valence-electron chi connectivity index (χ2n) is 8.94. The molecule has 3 aromatic carbocycles. The number of benzene rings is 3. The second-order valence-corrected chi connectivity index (χ2v) is 8.94. The third-order valence-electron chi connectivity index (χ3n) is 5.69. The Bertz CT molecular complexity index is 1590. The lowest BCUT2D eigenvalue weighted by Gasteiger charge is -2.07. The summed E-state index contributed by atoms with van der Waals surface area (Å²) < 4.78 is 45.5. The number of aromatic amines is 1. The van der Waals surface area contributed by atoms with Gasteiger partial charge in [-0.05, 0) is 80.6 Å². The van der Waals surface area contributed by atoms with Crippen LogP contribution in [0.4, 0.5) is 13.2 Å². The van der Waals surface area contributed by atoms with Gasteiger partial charge in [0.2, 0.25) is 0 Å². The van der Waals surface area contributed by atoms with Crippen molar-refractivity contribution in [2.24, 2.45) is 10.7 Å². The first-order valence-corrected chi connectivity index (χ1v) is 11.8. The number of imidazole rings is 1. The number of alkyl halides is 3. The predicted octanol–water partition coefficient (Wildman–Crippen LogP) is 5.94. The number of halogens is 4. The van der Waals surface area contributed by atoms with Gasteiger partial charge in [-0.25, -0.2) is 9.67 Å². The van der Waals surface area contributed by atoms with E-state index < -0.39 is 11.7 Å². The molecule has 0 amide bonds. The highest BCUT2D eigenvalue weighted by atomic mass is 35.5. The van der Waals surface area contributed by atoms with E-state index in [2.05, 4.69) is 25.3 Å². The predicted molar refractivity (Wildman–Crippen MR) is 145 cm³/mol. The van der Waals surface area contributed by atoms with E-state index in [4.69, 9.17) is 10.5 Å². The Kier molecular flexibility index (Phi) is 7.91. The largest absolute Gasteiger partial charge is 0.487 e. The standard InChI is InChI=1S/C27H24F3N7O.ClH/c1-16(2)32-25(31)18-5-12-23-24(13-18)34-26(33-23)17-3-10-22(11-4-17)38-15-20-14-37(36-35-20)21-8-6-19(7-9-21)27(28,29)30;/h3-14,16H,15H2,1-2H3,(H2,31,32)(H,33,34);1H. The summed E-state index contributed by atoms with van der Waals surface area (Å²) in [6, 6.07) is 18.0. The van der Waals surface area contributed by atoms with Crippen LogP contribution in [-0.2, 0) is 12.8 Å². The molecular weight excluding hydrogens is 531 g/mol. The molecule has 0 unspecified atom stereocenters. The first-order chi connectivity index (χ1) is 18.2. The zero-order chi connectivity index (χ0) is 26.9. The lowest BCUT2D eigenvalue weighted by atomic mass is 10.2. The van der Waals surface area contributed by atoms with E-state index in [1.54, 1.807) is 6.20 Å². The minimum atomic E-state index is -4.39. The van der Waals surface area contributed by atoms with E-state index in [0.29, 0.717) is 28.8 Å². The van der Waals surface area contributed by atoms with Crippen LogP contribution >= 0.6 is 12.4 Å². The molecular formula is C27H25ClF3N7O. The quantitative estimate of drug-likeness (QED) is 0.191. The molecule has 5 rings (SSSR count). The van der Waals surface area contributed by atoms with Gasteiger partial charge in [0.25, 0.3) is 0 Å². The number of hydrogen-bond donors (Lipinski definition) is 2. The minimum absolute atomic E-state index is 0. The lowest BCUT2D eigenvalue weighted by molar-refractivity contribution is -0.137. The third-order valence-corrected chi connectivity index (χ3v) is 5.69. The van der Waals surface area contributed by atoms with Crippen molar-refractivity contribution in [3.05, 3.63) is 89.7 Å². The van der Waals surface area contributed by atoms with Crippen LogP contribution < -0.4 is 10.5 Å². The van der Waals surface area contributed by atoms with Gasteiger partial charge >= 0.3 is 6.18 Å². The topological polar surface area (TPSA) is 107 Å². The summed E-state index contributed by atoms with van der Waals surface area (Å²) in [5.41, 5.74) is 9.76. The second kappa shape index (κ2) is 11.2. The maximum Gasteiger partial charge on any atom is 0.416 e. The summed E-state index contributed by atoms with van der Waals surface area (Å²) in [7, 11) is 0. The summed E-state index contributed by atoms with van der Waals surface area (Å²) in [6.45, 7) is 4.09. The number of H-pyrrole nitrogens is 1. The van der Waals surface area contributed by atoms with Crippen LogP contribution in [0.25, 0.3) is 28.1 Å². The molecule has 2 aromatic heterocycles. The molecule has 2 heterocycles. The van der Waals surface area contributed by atoms with Crippen LogP contribution in [0.15, 0.2) is 77.9 Å². The number of rotatable bonds is 7. The molecule has 39 heavy (non-hydrogen) atoms. The first kappa shape index (κ1) is 27.6. The van der Waals surface area contributed by atoms with E-state index in [9.17, 15) is 13.2 Å². The van der Waals surface area contributed by atoms with Gasteiger partial charge in [-0.2, -0.15) is 13.2 Å². The monoisotopic (exact) mass is 555 g/mol. The Morgan fingerprint density at radius 2 is 1.77 bits per heavy atom. The summed E-state index contributed by atoms with van der Waals surface area (Å²) in [4.78, 5) is 12.4. The van der Waals surface area contributed by atoms with Crippen molar-refractivity contribution in [2.45, 2.75) is 32.7 Å². The number of ether oxygens (including phenoxy) is 1. The molecule has 0 aliphatic rings. The van der Waals surface area contributed by atoms with Gasteiger partial charge in [0.1, 0.15) is 29.7 Å². The number of nitrogens with one attached hydrogen (secondary N) is 1. The molecule has 0 radical (unpaired) electrons.